The van der Waals surface area contributed by atoms with E-state index in [4.69, 9.17) is 4.74 Å². The van der Waals surface area contributed by atoms with Gasteiger partial charge >= 0.3 is 0 Å². The van der Waals surface area contributed by atoms with Crippen LogP contribution in [0, 0.1) is 20.8 Å². The first kappa shape index (κ1) is 23.0. The fourth-order valence-corrected chi connectivity index (χ4v) is 3.75. The van der Waals surface area contributed by atoms with Gasteiger partial charge in [-0.3, -0.25) is 20.4 Å². The zero-order valence-electron chi connectivity index (χ0n) is 19.8. The third-order valence-electron chi connectivity index (χ3n) is 5.35. The molecule has 4 rings (SSSR count). The van der Waals surface area contributed by atoms with Gasteiger partial charge in [0.2, 0.25) is 11.9 Å². The van der Waals surface area contributed by atoms with Crippen LogP contribution in [-0.4, -0.2) is 40.5 Å². The summed E-state index contributed by atoms with van der Waals surface area (Å²) in [4.78, 5) is 29.6. The van der Waals surface area contributed by atoms with Crippen LogP contribution < -0.4 is 15.4 Å². The van der Waals surface area contributed by atoms with E-state index in [-0.39, 0.29) is 5.91 Å². The number of aliphatic imine (C=N–C) groups is 1. The van der Waals surface area contributed by atoms with Crippen LogP contribution in [0.4, 0.5) is 5.95 Å². The van der Waals surface area contributed by atoms with E-state index in [1.807, 2.05) is 69.4 Å². The van der Waals surface area contributed by atoms with Crippen LogP contribution in [0.1, 0.15) is 32.9 Å². The van der Waals surface area contributed by atoms with Crippen LogP contribution >= 0.6 is 0 Å². The molecule has 4 aromatic rings. The summed E-state index contributed by atoms with van der Waals surface area (Å²) in [5.74, 6) is 1.24. The van der Waals surface area contributed by atoms with Crippen molar-refractivity contribution in [3.63, 3.8) is 0 Å². The molecule has 0 bridgehead atoms. The molecule has 0 radical (unpaired) electrons. The van der Waals surface area contributed by atoms with Crippen molar-refractivity contribution in [1.29, 1.82) is 0 Å². The number of methoxy groups -OCH3 is 1. The largest absolute Gasteiger partial charge is 0.497 e. The van der Waals surface area contributed by atoms with Gasteiger partial charge in [-0.15, -0.1) is 0 Å². The van der Waals surface area contributed by atoms with Gasteiger partial charge < -0.3 is 9.72 Å². The number of guanidine groups is 1. The highest BCUT2D eigenvalue weighted by Gasteiger charge is 2.12. The summed E-state index contributed by atoms with van der Waals surface area (Å²) in [6.45, 7) is 6.20. The molecule has 0 saturated carbocycles. The van der Waals surface area contributed by atoms with Crippen molar-refractivity contribution >= 4 is 28.7 Å². The molecule has 3 N–H and O–H groups in total. The number of hydrogen-bond donors (Lipinski definition) is 3. The number of hydrogen-bond acceptors (Lipinski definition) is 5. The van der Waals surface area contributed by atoms with E-state index >= 15 is 0 Å². The van der Waals surface area contributed by atoms with E-state index in [2.05, 4.69) is 30.6 Å². The van der Waals surface area contributed by atoms with Crippen molar-refractivity contribution in [2.75, 3.05) is 19.0 Å². The number of anilines is 1. The molecule has 8 nitrogen and oxygen atoms in total. The highest BCUT2D eigenvalue weighted by Crippen LogP contribution is 2.23. The van der Waals surface area contributed by atoms with E-state index in [1.165, 1.54) is 0 Å². The van der Waals surface area contributed by atoms with Gasteiger partial charge in [-0.05, 0) is 63.1 Å². The quantitative estimate of drug-likeness (QED) is 0.296. The lowest BCUT2D eigenvalue weighted by Gasteiger charge is -2.12. The summed E-state index contributed by atoms with van der Waals surface area (Å²) in [6, 6.07) is 15.2. The van der Waals surface area contributed by atoms with Gasteiger partial charge in [0, 0.05) is 46.7 Å². The number of aryl methyl sites for hydroxylation is 3. The molecule has 0 atom stereocenters. The van der Waals surface area contributed by atoms with Gasteiger partial charge in [-0.2, -0.15) is 0 Å². The van der Waals surface area contributed by atoms with Gasteiger partial charge in [0.05, 0.1) is 7.11 Å². The average molecular weight is 457 g/mol. The Bertz CT molecular complexity index is 1340. The monoisotopic (exact) mass is 456 g/mol. The molecule has 0 aliphatic rings. The zero-order chi connectivity index (χ0) is 24.1. The highest BCUT2D eigenvalue weighted by molar-refractivity contribution is 6.09. The van der Waals surface area contributed by atoms with Crippen molar-refractivity contribution in [3.8, 4) is 5.75 Å². The molecule has 0 unspecified atom stereocenters. The van der Waals surface area contributed by atoms with Crippen molar-refractivity contribution < 1.29 is 9.53 Å². The zero-order valence-corrected chi connectivity index (χ0v) is 19.8. The third-order valence-corrected chi connectivity index (χ3v) is 5.35. The number of amides is 1. The lowest BCUT2D eigenvalue weighted by Crippen LogP contribution is -2.37. The van der Waals surface area contributed by atoms with Gasteiger partial charge in [0.15, 0.2) is 0 Å². The maximum absolute atomic E-state index is 12.9. The second kappa shape index (κ2) is 10.2. The molecule has 1 amide bonds. The Labute approximate surface area is 198 Å². The molecule has 0 aliphatic carbocycles. The van der Waals surface area contributed by atoms with Gasteiger partial charge in [-0.1, -0.05) is 17.7 Å². The average Bonchev–Trinajstić information content (AvgIpc) is 3.20. The molecule has 0 saturated heterocycles. The summed E-state index contributed by atoms with van der Waals surface area (Å²) >= 11 is 0. The Hall–Kier alpha value is -4.20. The van der Waals surface area contributed by atoms with Crippen molar-refractivity contribution in [2.45, 2.75) is 27.2 Å². The Morgan fingerprint density at radius 3 is 2.59 bits per heavy atom. The number of carbonyl (C=O) groups is 1. The first-order valence-corrected chi connectivity index (χ1v) is 11.1. The maximum Gasteiger partial charge on any atom is 0.257 e. The number of aromatic nitrogens is 3. The van der Waals surface area contributed by atoms with Crippen molar-refractivity contribution in [3.05, 3.63) is 82.8 Å². The van der Waals surface area contributed by atoms with Crippen LogP contribution in [0.3, 0.4) is 0 Å². The molecule has 0 fully saturated rings. The minimum absolute atomic E-state index is 0.251. The minimum atomic E-state index is -0.251. The second-order valence-electron chi connectivity index (χ2n) is 8.13. The van der Waals surface area contributed by atoms with Crippen molar-refractivity contribution in [1.82, 2.24) is 20.3 Å². The minimum Gasteiger partial charge on any atom is -0.497 e. The smallest absolute Gasteiger partial charge is 0.257 e. The van der Waals surface area contributed by atoms with Crippen LogP contribution in [0.2, 0.25) is 0 Å². The number of nitrogens with one attached hydrogen (secondary N) is 3. The summed E-state index contributed by atoms with van der Waals surface area (Å²) < 4.78 is 5.30. The summed E-state index contributed by atoms with van der Waals surface area (Å²) in [5.41, 5.74) is 5.36. The SMILES string of the molecule is COc1ccc2c(CCN=C(NC(=O)c3cccc(C)c3)Nc3nc(C)cc(C)n3)c[nH]c2c1. The third kappa shape index (κ3) is 5.58. The fraction of sp³-hybridized carbons (Fsp3) is 0.231. The van der Waals surface area contributed by atoms with Crippen LogP contribution in [0.15, 0.2) is 59.7 Å². The number of fused-ring (bicyclic) bond motifs is 1. The fourth-order valence-electron chi connectivity index (χ4n) is 3.75. The van der Waals surface area contributed by atoms with E-state index in [0.29, 0.717) is 30.4 Å². The first-order chi connectivity index (χ1) is 16.4. The normalized spacial score (nSPS) is 11.5. The topological polar surface area (TPSA) is 104 Å². The molecule has 0 spiro atoms. The molecule has 8 heteroatoms. The van der Waals surface area contributed by atoms with Crippen LogP contribution in [0.5, 0.6) is 5.75 Å². The number of carbonyl (C=O) groups excluding carboxylic acids is 1. The number of H-pyrrole nitrogens is 1. The highest BCUT2D eigenvalue weighted by atomic mass is 16.5. The van der Waals surface area contributed by atoms with Crippen LogP contribution in [0.25, 0.3) is 10.9 Å². The van der Waals surface area contributed by atoms with E-state index in [0.717, 1.165) is 39.2 Å². The van der Waals surface area contributed by atoms with Crippen LogP contribution in [-0.2, 0) is 6.42 Å². The maximum atomic E-state index is 12.9. The molecule has 34 heavy (non-hydrogen) atoms. The Kier molecular flexibility index (Phi) is 6.87. The number of nitrogens with zero attached hydrogens (tertiary/aromatic N) is 3. The summed E-state index contributed by atoms with van der Waals surface area (Å²) in [7, 11) is 1.65. The molecule has 2 aromatic heterocycles. The Morgan fingerprint density at radius 1 is 1.06 bits per heavy atom. The molecule has 174 valence electrons. The predicted octanol–water partition coefficient (Wildman–Crippen LogP) is 4.33. The van der Waals surface area contributed by atoms with E-state index < -0.39 is 0 Å². The lowest BCUT2D eigenvalue weighted by atomic mass is 10.1. The van der Waals surface area contributed by atoms with Crippen molar-refractivity contribution in [2.24, 2.45) is 4.99 Å². The first-order valence-electron chi connectivity index (χ1n) is 11.1. The summed E-state index contributed by atoms with van der Waals surface area (Å²) in [5, 5.41) is 7.07. The molecule has 2 aromatic carbocycles. The van der Waals surface area contributed by atoms with E-state index in [1.54, 1.807) is 13.2 Å². The number of benzene rings is 2. The van der Waals surface area contributed by atoms with Gasteiger partial charge in [-0.25, -0.2) is 9.97 Å². The molecule has 0 aliphatic heterocycles. The second-order valence-corrected chi connectivity index (χ2v) is 8.13. The Morgan fingerprint density at radius 2 is 1.85 bits per heavy atom. The number of rotatable bonds is 6. The lowest BCUT2D eigenvalue weighted by molar-refractivity contribution is 0.0977. The van der Waals surface area contributed by atoms with Gasteiger partial charge in [0.1, 0.15) is 5.75 Å². The number of aromatic amines is 1. The number of ether oxygens (including phenoxy) is 1. The molecular weight excluding hydrogens is 428 g/mol. The predicted molar refractivity (Wildman–Crippen MR) is 135 cm³/mol. The molecular formula is C26H28N6O2. The van der Waals surface area contributed by atoms with Gasteiger partial charge in [0.25, 0.3) is 5.91 Å². The Balaban J connectivity index is 1.54. The summed E-state index contributed by atoms with van der Waals surface area (Å²) in [6.07, 6.45) is 2.66. The molecule has 2 heterocycles. The standard InChI is InChI=1S/C26H28N6O2/c1-16-6-5-7-19(12-16)24(33)31-25(32-26-29-17(2)13-18(3)30-26)27-11-10-20-15-28-23-14-21(34-4)8-9-22(20)23/h5-9,12-15,28H,10-11H2,1-4H3,(H2,27,29,30,31,32,33). The van der Waals surface area contributed by atoms with E-state index in [9.17, 15) is 4.79 Å².